The van der Waals surface area contributed by atoms with Crippen LogP contribution in [0.3, 0.4) is 0 Å². The van der Waals surface area contributed by atoms with E-state index in [9.17, 15) is 9.18 Å². The number of thiocarbonyl (C=S) groups is 1. The van der Waals surface area contributed by atoms with E-state index in [0.29, 0.717) is 28.1 Å². The number of ether oxygens (including phenoxy) is 2. The first kappa shape index (κ1) is 22.0. The Morgan fingerprint density at radius 2 is 1.56 bits per heavy atom. The Kier molecular flexibility index (Phi) is 6.87. The predicted octanol–water partition coefficient (Wildman–Crippen LogP) is 5.81. The monoisotopic (exact) mass is 465 g/mol. The zero-order valence-corrected chi connectivity index (χ0v) is 18.9. The number of carbonyl (C=O) groups is 1. The molecule has 0 unspecified atom stereocenters. The molecule has 0 spiro atoms. The highest BCUT2D eigenvalue weighted by Crippen LogP contribution is 2.34. The summed E-state index contributed by atoms with van der Waals surface area (Å²) in [5.74, 6) is 1.09. The van der Waals surface area contributed by atoms with Crippen LogP contribution >= 0.6 is 24.0 Å². The largest absolute Gasteiger partial charge is 0.497 e. The number of nitrogens with zero attached hydrogens (tertiary/aromatic N) is 1. The van der Waals surface area contributed by atoms with Crippen LogP contribution in [0.25, 0.3) is 6.08 Å². The molecule has 0 aliphatic carbocycles. The highest BCUT2D eigenvalue weighted by atomic mass is 32.2. The summed E-state index contributed by atoms with van der Waals surface area (Å²) in [5, 5.41) is 0. The van der Waals surface area contributed by atoms with Gasteiger partial charge in [0.25, 0.3) is 5.91 Å². The summed E-state index contributed by atoms with van der Waals surface area (Å²) in [4.78, 5) is 15.1. The SMILES string of the molecule is COc1ccc(CN2C(=O)/C(=C/c3ccc(OCc4ccc(F)cc4)cc3)SC2=S)cc1. The van der Waals surface area contributed by atoms with Gasteiger partial charge in [0, 0.05) is 0 Å². The number of halogens is 1. The third kappa shape index (κ3) is 5.36. The first-order valence-corrected chi connectivity index (χ1v) is 11.1. The van der Waals surface area contributed by atoms with Crippen LogP contribution < -0.4 is 9.47 Å². The molecule has 4 nitrogen and oxygen atoms in total. The number of benzene rings is 3. The van der Waals surface area contributed by atoms with E-state index in [-0.39, 0.29) is 11.7 Å². The molecule has 1 aliphatic heterocycles. The molecule has 3 aromatic carbocycles. The van der Waals surface area contributed by atoms with Crippen molar-refractivity contribution >= 4 is 40.3 Å². The molecular formula is C25H20FNO3S2. The van der Waals surface area contributed by atoms with Crippen LogP contribution in [-0.2, 0) is 17.9 Å². The Bertz CT molecular complexity index is 1140. The van der Waals surface area contributed by atoms with E-state index in [1.807, 2.05) is 54.6 Å². The van der Waals surface area contributed by atoms with Crippen molar-refractivity contribution in [2.24, 2.45) is 0 Å². The van der Waals surface area contributed by atoms with Crippen LogP contribution in [-0.4, -0.2) is 22.2 Å². The molecule has 0 saturated carbocycles. The number of rotatable bonds is 7. The summed E-state index contributed by atoms with van der Waals surface area (Å²) in [5.41, 5.74) is 2.74. The minimum absolute atomic E-state index is 0.104. The third-order valence-electron chi connectivity index (χ3n) is 4.87. The van der Waals surface area contributed by atoms with Gasteiger partial charge in [0.1, 0.15) is 28.2 Å². The van der Waals surface area contributed by atoms with Crippen molar-refractivity contribution in [3.8, 4) is 11.5 Å². The number of hydrogen-bond acceptors (Lipinski definition) is 5. The highest BCUT2D eigenvalue weighted by molar-refractivity contribution is 8.26. The van der Waals surface area contributed by atoms with Crippen molar-refractivity contribution in [2.75, 3.05) is 7.11 Å². The fraction of sp³-hybridized carbons (Fsp3) is 0.120. The quantitative estimate of drug-likeness (QED) is 0.325. The second-order valence-electron chi connectivity index (χ2n) is 7.10. The molecule has 1 amide bonds. The number of carbonyl (C=O) groups excluding carboxylic acids is 1. The van der Waals surface area contributed by atoms with Crippen LogP contribution in [0.5, 0.6) is 11.5 Å². The van der Waals surface area contributed by atoms with Crippen LogP contribution in [0.4, 0.5) is 4.39 Å². The lowest BCUT2D eigenvalue weighted by molar-refractivity contribution is -0.122. The second-order valence-corrected chi connectivity index (χ2v) is 8.78. The molecule has 0 aromatic heterocycles. The topological polar surface area (TPSA) is 38.8 Å². The van der Waals surface area contributed by atoms with E-state index in [2.05, 4.69) is 0 Å². The summed E-state index contributed by atoms with van der Waals surface area (Å²) in [7, 11) is 1.62. The van der Waals surface area contributed by atoms with Crippen molar-refractivity contribution in [2.45, 2.75) is 13.2 Å². The minimum atomic E-state index is -0.271. The Labute approximate surface area is 195 Å². The van der Waals surface area contributed by atoms with E-state index in [1.165, 1.54) is 23.9 Å². The molecule has 1 fully saturated rings. The van der Waals surface area contributed by atoms with Crippen molar-refractivity contribution in [3.63, 3.8) is 0 Å². The first-order valence-electron chi connectivity index (χ1n) is 9.87. The first-order chi connectivity index (χ1) is 15.5. The van der Waals surface area contributed by atoms with Crippen LogP contribution in [0.1, 0.15) is 16.7 Å². The lowest BCUT2D eigenvalue weighted by Crippen LogP contribution is -2.27. The van der Waals surface area contributed by atoms with Gasteiger partial charge >= 0.3 is 0 Å². The molecule has 3 aromatic rings. The molecule has 0 N–H and O–H groups in total. The van der Waals surface area contributed by atoms with Gasteiger partial charge in [-0.3, -0.25) is 9.69 Å². The Hall–Kier alpha value is -3.16. The van der Waals surface area contributed by atoms with Gasteiger partial charge in [0.15, 0.2) is 0 Å². The number of amides is 1. The Morgan fingerprint density at radius 1 is 0.938 bits per heavy atom. The van der Waals surface area contributed by atoms with E-state index in [4.69, 9.17) is 21.7 Å². The van der Waals surface area contributed by atoms with E-state index in [0.717, 1.165) is 22.4 Å². The zero-order chi connectivity index (χ0) is 22.5. The lowest BCUT2D eigenvalue weighted by atomic mass is 10.2. The minimum Gasteiger partial charge on any atom is -0.497 e. The third-order valence-corrected chi connectivity index (χ3v) is 6.25. The van der Waals surface area contributed by atoms with E-state index in [1.54, 1.807) is 24.1 Å². The van der Waals surface area contributed by atoms with Crippen LogP contribution in [0, 0.1) is 5.82 Å². The number of thioether (sulfide) groups is 1. The molecule has 0 atom stereocenters. The van der Waals surface area contributed by atoms with Gasteiger partial charge < -0.3 is 9.47 Å². The molecule has 1 aliphatic rings. The maximum absolute atomic E-state index is 13.0. The van der Waals surface area contributed by atoms with E-state index < -0.39 is 0 Å². The summed E-state index contributed by atoms with van der Waals surface area (Å²) in [6.45, 7) is 0.770. The van der Waals surface area contributed by atoms with Crippen molar-refractivity contribution < 1.29 is 18.7 Å². The zero-order valence-electron chi connectivity index (χ0n) is 17.3. The summed E-state index contributed by atoms with van der Waals surface area (Å²) < 4.78 is 24.4. The molecule has 7 heteroatoms. The molecule has 32 heavy (non-hydrogen) atoms. The normalized spacial score (nSPS) is 14.8. The van der Waals surface area contributed by atoms with Crippen molar-refractivity contribution in [1.82, 2.24) is 4.90 Å². The van der Waals surface area contributed by atoms with Gasteiger partial charge in [-0.1, -0.05) is 60.4 Å². The standard InChI is InChI=1S/C25H20FNO3S2/c1-29-21-10-6-18(7-11-21)15-27-24(28)23(32-25(27)31)14-17-4-12-22(13-5-17)30-16-19-2-8-20(26)9-3-19/h2-14H,15-16H2,1H3/b23-14-. The number of hydrogen-bond donors (Lipinski definition) is 0. The van der Waals surface area contributed by atoms with Crippen LogP contribution in [0.2, 0.25) is 0 Å². The fourth-order valence-electron chi connectivity index (χ4n) is 3.11. The van der Waals surface area contributed by atoms with Gasteiger partial charge in [-0.2, -0.15) is 0 Å². The lowest BCUT2D eigenvalue weighted by Gasteiger charge is -2.14. The average Bonchev–Trinajstić information content (AvgIpc) is 3.07. The average molecular weight is 466 g/mol. The van der Waals surface area contributed by atoms with Gasteiger partial charge in [-0.25, -0.2) is 4.39 Å². The molecule has 162 valence electrons. The maximum Gasteiger partial charge on any atom is 0.266 e. The van der Waals surface area contributed by atoms with Gasteiger partial charge in [-0.05, 0) is 59.2 Å². The summed E-state index contributed by atoms with van der Waals surface area (Å²) >= 11 is 6.73. The van der Waals surface area contributed by atoms with Crippen LogP contribution in [0.15, 0.2) is 77.7 Å². The Morgan fingerprint density at radius 3 is 2.22 bits per heavy atom. The molecule has 1 heterocycles. The van der Waals surface area contributed by atoms with Gasteiger partial charge in [0.05, 0.1) is 18.6 Å². The summed E-state index contributed by atoms with van der Waals surface area (Å²) in [6, 6.07) is 21.2. The second kappa shape index (κ2) is 9.97. The maximum atomic E-state index is 13.0. The summed E-state index contributed by atoms with van der Waals surface area (Å²) in [6.07, 6.45) is 1.83. The van der Waals surface area contributed by atoms with Gasteiger partial charge in [0.2, 0.25) is 0 Å². The predicted molar refractivity (Wildman–Crippen MR) is 129 cm³/mol. The highest BCUT2D eigenvalue weighted by Gasteiger charge is 2.31. The molecule has 0 bridgehead atoms. The fourth-order valence-corrected chi connectivity index (χ4v) is 4.36. The molecule has 0 radical (unpaired) electrons. The molecule has 4 rings (SSSR count). The Balaban J connectivity index is 1.39. The van der Waals surface area contributed by atoms with Crippen molar-refractivity contribution in [3.05, 3.63) is 100 Å². The van der Waals surface area contributed by atoms with E-state index >= 15 is 0 Å². The molecular weight excluding hydrogens is 445 g/mol. The van der Waals surface area contributed by atoms with Crippen molar-refractivity contribution in [1.29, 1.82) is 0 Å². The molecule has 1 saturated heterocycles. The smallest absolute Gasteiger partial charge is 0.266 e. The van der Waals surface area contributed by atoms with Gasteiger partial charge in [-0.15, -0.1) is 0 Å². The number of methoxy groups -OCH3 is 1.